The first-order valence-corrected chi connectivity index (χ1v) is 9.22. The third-order valence-corrected chi connectivity index (χ3v) is 5.33. The molecule has 0 atom stereocenters. The van der Waals surface area contributed by atoms with Crippen LogP contribution in [0.4, 0.5) is 5.69 Å². The van der Waals surface area contributed by atoms with Crippen molar-refractivity contribution in [3.63, 3.8) is 0 Å². The molecule has 1 saturated heterocycles. The molecule has 0 amide bonds. The van der Waals surface area contributed by atoms with Crippen molar-refractivity contribution < 1.29 is 0 Å². The molecule has 2 aromatic heterocycles. The third kappa shape index (κ3) is 2.80. The summed E-state index contributed by atoms with van der Waals surface area (Å²) in [6.45, 7) is 6.38. The third-order valence-electron chi connectivity index (χ3n) is 4.47. The number of fused-ring (bicyclic) bond motifs is 1. The number of thiophene rings is 1. The molecule has 4 rings (SSSR count). The van der Waals surface area contributed by atoms with Gasteiger partial charge in [-0.25, -0.2) is 15.0 Å². The van der Waals surface area contributed by atoms with Crippen LogP contribution in [0.25, 0.3) is 21.6 Å². The van der Waals surface area contributed by atoms with Crippen molar-refractivity contribution in [2.75, 3.05) is 13.1 Å². The lowest BCUT2D eigenvalue weighted by Crippen LogP contribution is -2.24. The molecule has 1 fully saturated rings. The van der Waals surface area contributed by atoms with E-state index in [1.54, 1.807) is 11.3 Å². The van der Waals surface area contributed by atoms with Gasteiger partial charge in [0.2, 0.25) is 0 Å². The molecule has 3 heterocycles. The lowest BCUT2D eigenvalue weighted by Gasteiger charge is -2.16. The van der Waals surface area contributed by atoms with Crippen LogP contribution in [-0.4, -0.2) is 33.8 Å². The van der Waals surface area contributed by atoms with Crippen LogP contribution in [-0.2, 0) is 0 Å². The number of nitrogens with zero attached hydrogens (tertiary/aromatic N) is 4. The summed E-state index contributed by atoms with van der Waals surface area (Å²) in [5, 5.41) is 3.18. The van der Waals surface area contributed by atoms with Gasteiger partial charge < -0.3 is 4.90 Å². The summed E-state index contributed by atoms with van der Waals surface area (Å²) < 4.78 is 0. The maximum atomic E-state index is 4.87. The van der Waals surface area contributed by atoms with Gasteiger partial charge in [0.25, 0.3) is 0 Å². The average molecular weight is 336 g/mol. The fourth-order valence-electron chi connectivity index (χ4n) is 3.18. The number of hydrogen-bond donors (Lipinski definition) is 0. The molecule has 0 aliphatic carbocycles. The smallest absolute Gasteiger partial charge is 0.161 e. The van der Waals surface area contributed by atoms with Crippen LogP contribution in [0.3, 0.4) is 0 Å². The molecule has 0 unspecified atom stereocenters. The van der Waals surface area contributed by atoms with E-state index in [1.165, 1.54) is 12.8 Å². The van der Waals surface area contributed by atoms with E-state index in [-0.39, 0.29) is 0 Å². The van der Waals surface area contributed by atoms with E-state index in [4.69, 9.17) is 15.0 Å². The Bertz CT molecular complexity index is 892. The molecular weight excluding hydrogens is 316 g/mol. The van der Waals surface area contributed by atoms with Crippen molar-refractivity contribution in [1.82, 2.24) is 14.9 Å². The van der Waals surface area contributed by atoms with Gasteiger partial charge in [0, 0.05) is 24.0 Å². The summed E-state index contributed by atoms with van der Waals surface area (Å²) in [4.78, 5) is 17.7. The van der Waals surface area contributed by atoms with Crippen molar-refractivity contribution in [2.45, 2.75) is 26.7 Å². The maximum absolute atomic E-state index is 4.87. The second kappa shape index (κ2) is 6.32. The zero-order valence-electron chi connectivity index (χ0n) is 14.0. The molecule has 0 bridgehead atoms. The van der Waals surface area contributed by atoms with Crippen LogP contribution in [0.1, 0.15) is 25.5 Å². The van der Waals surface area contributed by atoms with Gasteiger partial charge in [-0.2, -0.15) is 0 Å². The van der Waals surface area contributed by atoms with Crippen LogP contribution in [0.2, 0.25) is 0 Å². The predicted molar refractivity (Wildman–Crippen MR) is 101 cm³/mol. The molecule has 122 valence electrons. The van der Waals surface area contributed by atoms with Crippen molar-refractivity contribution in [3.05, 3.63) is 41.4 Å². The van der Waals surface area contributed by atoms with Gasteiger partial charge in [-0.1, -0.05) is 30.3 Å². The normalized spacial score (nSPS) is 15.4. The largest absolute Gasteiger partial charge is 0.360 e. The van der Waals surface area contributed by atoms with Crippen LogP contribution < -0.4 is 0 Å². The van der Waals surface area contributed by atoms with Gasteiger partial charge in [-0.05, 0) is 26.7 Å². The Morgan fingerprint density at radius 1 is 1.12 bits per heavy atom. The van der Waals surface area contributed by atoms with Crippen molar-refractivity contribution >= 4 is 33.1 Å². The Morgan fingerprint density at radius 3 is 2.62 bits per heavy atom. The summed E-state index contributed by atoms with van der Waals surface area (Å²) in [5.41, 5.74) is 3.04. The van der Waals surface area contributed by atoms with E-state index in [9.17, 15) is 0 Å². The summed E-state index contributed by atoms with van der Waals surface area (Å²) in [7, 11) is 0. The molecule has 1 aliphatic rings. The molecular formula is C19H20N4S. The molecule has 24 heavy (non-hydrogen) atoms. The highest BCUT2D eigenvalue weighted by molar-refractivity contribution is 7.17. The maximum Gasteiger partial charge on any atom is 0.161 e. The molecule has 4 nitrogen and oxygen atoms in total. The Hall–Kier alpha value is -2.27. The van der Waals surface area contributed by atoms with Crippen LogP contribution in [0, 0.1) is 6.92 Å². The van der Waals surface area contributed by atoms with Gasteiger partial charge in [0.1, 0.15) is 10.7 Å². The molecule has 1 aromatic carbocycles. The molecule has 5 heteroatoms. The summed E-state index contributed by atoms with van der Waals surface area (Å²) in [6.07, 6.45) is 2.53. The van der Waals surface area contributed by atoms with E-state index < -0.39 is 0 Å². The highest BCUT2D eigenvalue weighted by Gasteiger charge is 2.15. The molecule has 3 aromatic rings. The zero-order valence-corrected chi connectivity index (χ0v) is 14.8. The van der Waals surface area contributed by atoms with E-state index in [0.29, 0.717) is 0 Å². The zero-order chi connectivity index (χ0) is 16.5. The van der Waals surface area contributed by atoms with Crippen molar-refractivity contribution in [1.29, 1.82) is 0 Å². The lowest BCUT2D eigenvalue weighted by atomic mass is 10.2. The van der Waals surface area contributed by atoms with Gasteiger partial charge >= 0.3 is 0 Å². The predicted octanol–water partition coefficient (Wildman–Crippen LogP) is 4.81. The lowest BCUT2D eigenvalue weighted by molar-refractivity contribution is 0.516. The van der Waals surface area contributed by atoms with E-state index in [0.717, 1.165) is 51.9 Å². The number of amidine groups is 1. The summed E-state index contributed by atoms with van der Waals surface area (Å²) >= 11 is 1.64. The number of aliphatic imine (C=N–C) groups is 1. The minimum atomic E-state index is 0.786. The number of rotatable bonds is 2. The molecule has 1 aliphatic heterocycles. The number of aromatic nitrogens is 2. The van der Waals surface area contributed by atoms with E-state index in [1.807, 2.05) is 37.3 Å². The Morgan fingerprint density at radius 2 is 1.88 bits per heavy atom. The Labute approximate surface area is 145 Å². The quantitative estimate of drug-likeness (QED) is 0.498. The fraction of sp³-hybridized carbons (Fsp3) is 0.316. The van der Waals surface area contributed by atoms with Crippen LogP contribution in [0.5, 0.6) is 0 Å². The van der Waals surface area contributed by atoms with Gasteiger partial charge in [-0.3, -0.25) is 0 Å². The molecule has 0 spiro atoms. The second-order valence-electron chi connectivity index (χ2n) is 6.15. The van der Waals surface area contributed by atoms with Crippen molar-refractivity contribution in [2.24, 2.45) is 4.99 Å². The van der Waals surface area contributed by atoms with Gasteiger partial charge in [-0.15, -0.1) is 11.3 Å². The van der Waals surface area contributed by atoms with Crippen LogP contribution >= 0.6 is 11.3 Å². The first-order chi connectivity index (χ1) is 11.7. The first kappa shape index (κ1) is 15.3. The van der Waals surface area contributed by atoms with Crippen LogP contribution in [0.15, 0.2) is 40.7 Å². The highest BCUT2D eigenvalue weighted by atomic mass is 32.1. The summed E-state index contributed by atoms with van der Waals surface area (Å²) in [6, 6.07) is 10.1. The SMILES string of the molecule is CC(=Nc1csc2nc(-c3ccccc3)nc(C)c12)N1CCCC1. The second-order valence-corrected chi connectivity index (χ2v) is 7.01. The number of aryl methyl sites for hydroxylation is 1. The minimum absolute atomic E-state index is 0.786. The van der Waals surface area contributed by atoms with E-state index in [2.05, 4.69) is 17.2 Å². The molecule has 0 N–H and O–H groups in total. The number of likely N-dealkylation sites (tertiary alicyclic amines) is 1. The Balaban J connectivity index is 1.76. The number of hydrogen-bond acceptors (Lipinski definition) is 4. The standard InChI is InChI=1S/C19H20N4S/c1-13-17-16(21-14(2)23-10-6-7-11-23)12-24-19(17)22-18(20-13)15-8-4-3-5-9-15/h3-5,8-9,12H,6-7,10-11H2,1-2H3. The average Bonchev–Trinajstić information content (AvgIpc) is 3.26. The molecule has 0 radical (unpaired) electrons. The molecule has 0 saturated carbocycles. The van der Waals surface area contributed by atoms with Crippen molar-refractivity contribution in [3.8, 4) is 11.4 Å². The number of benzene rings is 1. The van der Waals surface area contributed by atoms with Gasteiger partial charge in [0.05, 0.1) is 16.8 Å². The topological polar surface area (TPSA) is 41.4 Å². The van der Waals surface area contributed by atoms with E-state index >= 15 is 0 Å². The minimum Gasteiger partial charge on any atom is -0.360 e. The van der Waals surface area contributed by atoms with Gasteiger partial charge in [0.15, 0.2) is 5.82 Å². The first-order valence-electron chi connectivity index (χ1n) is 8.34. The Kier molecular flexibility index (Phi) is 4.02. The highest BCUT2D eigenvalue weighted by Crippen LogP contribution is 2.34. The fourth-order valence-corrected chi connectivity index (χ4v) is 4.08. The summed E-state index contributed by atoms with van der Waals surface area (Å²) in [5.74, 6) is 1.88. The monoisotopic (exact) mass is 336 g/mol.